The predicted molar refractivity (Wildman–Crippen MR) is 64.2 cm³/mol. The van der Waals surface area contributed by atoms with Gasteiger partial charge in [-0.05, 0) is 44.3 Å². The van der Waals surface area contributed by atoms with Crippen LogP contribution in [0.3, 0.4) is 0 Å². The number of nitrogens with zero attached hydrogens (tertiary/aromatic N) is 1. The molecule has 0 atom stereocenters. The van der Waals surface area contributed by atoms with Gasteiger partial charge in [0.25, 0.3) is 0 Å². The van der Waals surface area contributed by atoms with Gasteiger partial charge in [0.15, 0.2) is 0 Å². The number of H-pyrrole nitrogens is 1. The van der Waals surface area contributed by atoms with Gasteiger partial charge in [0.2, 0.25) is 0 Å². The Morgan fingerprint density at radius 3 is 2.53 bits per heavy atom. The highest BCUT2D eigenvalue weighted by molar-refractivity contribution is 5.25. The summed E-state index contributed by atoms with van der Waals surface area (Å²) in [6, 6.07) is 0. The molecule has 3 nitrogen and oxygen atoms in total. The molecule has 0 aliphatic rings. The van der Waals surface area contributed by atoms with Gasteiger partial charge in [-0.2, -0.15) is 5.10 Å². The van der Waals surface area contributed by atoms with Crippen molar-refractivity contribution in [1.29, 1.82) is 0 Å². The van der Waals surface area contributed by atoms with Crippen LogP contribution in [0.1, 0.15) is 44.1 Å². The molecule has 0 aliphatic heterocycles. The van der Waals surface area contributed by atoms with E-state index in [-0.39, 0.29) is 0 Å². The predicted octanol–water partition coefficient (Wildman–Crippen LogP) is 2.08. The molecule has 0 radical (unpaired) electrons. The van der Waals surface area contributed by atoms with Crippen LogP contribution in [-0.2, 0) is 19.3 Å². The van der Waals surface area contributed by atoms with Crippen molar-refractivity contribution < 1.29 is 0 Å². The summed E-state index contributed by atoms with van der Waals surface area (Å²) >= 11 is 0. The largest absolute Gasteiger partial charge is 0.316 e. The van der Waals surface area contributed by atoms with E-state index in [1.54, 1.807) is 0 Å². The Morgan fingerprint density at radius 2 is 1.93 bits per heavy atom. The van der Waals surface area contributed by atoms with Gasteiger partial charge in [-0.1, -0.05) is 20.8 Å². The lowest BCUT2D eigenvalue weighted by Crippen LogP contribution is -2.18. The van der Waals surface area contributed by atoms with Crippen molar-refractivity contribution in [2.24, 2.45) is 0 Å². The lowest BCUT2D eigenvalue weighted by Gasteiger charge is -2.05. The quantitative estimate of drug-likeness (QED) is 0.675. The number of aryl methyl sites for hydroxylation is 2. The van der Waals surface area contributed by atoms with Gasteiger partial charge >= 0.3 is 0 Å². The maximum Gasteiger partial charge on any atom is 0.0654 e. The van der Waals surface area contributed by atoms with Crippen molar-refractivity contribution in [3.63, 3.8) is 0 Å². The molecule has 0 bridgehead atoms. The van der Waals surface area contributed by atoms with Crippen molar-refractivity contribution in [2.75, 3.05) is 13.1 Å². The van der Waals surface area contributed by atoms with E-state index in [1.807, 2.05) is 0 Å². The molecule has 0 aromatic carbocycles. The molecule has 1 heterocycles. The first kappa shape index (κ1) is 12.2. The summed E-state index contributed by atoms with van der Waals surface area (Å²) in [6.07, 6.45) is 4.38. The van der Waals surface area contributed by atoms with E-state index in [0.29, 0.717) is 0 Å². The molecule has 0 amide bonds. The zero-order chi connectivity index (χ0) is 11.1. The minimum atomic E-state index is 1.03. The topological polar surface area (TPSA) is 40.7 Å². The lowest BCUT2D eigenvalue weighted by atomic mass is 10.1. The van der Waals surface area contributed by atoms with Crippen LogP contribution in [-0.4, -0.2) is 23.3 Å². The van der Waals surface area contributed by atoms with Crippen molar-refractivity contribution in [3.05, 3.63) is 17.0 Å². The standard InChI is InChI=1S/C12H23N3/c1-4-8-13-9-7-10-11(5-2)14-15-12(10)6-3/h13H,4-9H2,1-3H3,(H,14,15). The van der Waals surface area contributed by atoms with Crippen LogP contribution in [0.4, 0.5) is 0 Å². The normalized spacial score (nSPS) is 10.9. The van der Waals surface area contributed by atoms with Gasteiger partial charge in [-0.25, -0.2) is 0 Å². The molecule has 3 heteroatoms. The van der Waals surface area contributed by atoms with Gasteiger partial charge in [0, 0.05) is 5.69 Å². The van der Waals surface area contributed by atoms with Crippen LogP contribution in [0.5, 0.6) is 0 Å². The Morgan fingerprint density at radius 1 is 1.13 bits per heavy atom. The molecule has 86 valence electrons. The minimum absolute atomic E-state index is 1.03. The van der Waals surface area contributed by atoms with E-state index < -0.39 is 0 Å². The highest BCUT2D eigenvalue weighted by atomic mass is 15.1. The van der Waals surface area contributed by atoms with Crippen LogP contribution in [0, 0.1) is 0 Å². The molecule has 0 fully saturated rings. The maximum absolute atomic E-state index is 4.35. The third-order valence-electron chi connectivity index (χ3n) is 2.71. The van der Waals surface area contributed by atoms with Crippen molar-refractivity contribution in [1.82, 2.24) is 15.5 Å². The van der Waals surface area contributed by atoms with Gasteiger partial charge in [0.1, 0.15) is 0 Å². The zero-order valence-electron chi connectivity index (χ0n) is 10.2. The summed E-state index contributed by atoms with van der Waals surface area (Å²) < 4.78 is 0. The average molecular weight is 209 g/mol. The molecule has 1 aromatic heterocycles. The molecule has 0 saturated carbocycles. The molecule has 0 saturated heterocycles. The molecule has 2 N–H and O–H groups in total. The van der Waals surface area contributed by atoms with Gasteiger partial charge in [-0.3, -0.25) is 5.10 Å². The van der Waals surface area contributed by atoms with Crippen molar-refractivity contribution in [3.8, 4) is 0 Å². The fraction of sp³-hybridized carbons (Fsp3) is 0.750. The highest BCUT2D eigenvalue weighted by Crippen LogP contribution is 2.13. The van der Waals surface area contributed by atoms with Crippen LogP contribution in [0.15, 0.2) is 0 Å². The van der Waals surface area contributed by atoms with Gasteiger partial charge < -0.3 is 5.32 Å². The van der Waals surface area contributed by atoms with Crippen LogP contribution in [0.2, 0.25) is 0 Å². The Bertz CT molecular complexity index is 257. The maximum atomic E-state index is 4.35. The summed E-state index contributed by atoms with van der Waals surface area (Å²) in [5, 5.41) is 10.9. The van der Waals surface area contributed by atoms with E-state index in [0.717, 1.165) is 32.4 Å². The first-order valence-corrected chi connectivity index (χ1v) is 6.09. The minimum Gasteiger partial charge on any atom is -0.316 e. The van der Waals surface area contributed by atoms with Crippen molar-refractivity contribution in [2.45, 2.75) is 46.5 Å². The Hall–Kier alpha value is -0.830. The Balaban J connectivity index is 2.53. The monoisotopic (exact) mass is 209 g/mol. The van der Waals surface area contributed by atoms with Gasteiger partial charge in [0.05, 0.1) is 5.69 Å². The van der Waals surface area contributed by atoms with Crippen LogP contribution in [0.25, 0.3) is 0 Å². The molecule has 0 spiro atoms. The number of hydrogen-bond donors (Lipinski definition) is 2. The number of nitrogens with one attached hydrogen (secondary N) is 2. The molecular formula is C12H23N3. The SMILES string of the molecule is CCCNCCc1c(CC)n[nH]c1CC. The second-order valence-electron chi connectivity index (χ2n) is 3.83. The van der Waals surface area contributed by atoms with E-state index in [4.69, 9.17) is 0 Å². The fourth-order valence-electron chi connectivity index (χ4n) is 1.84. The first-order chi connectivity index (χ1) is 7.33. The van der Waals surface area contributed by atoms with E-state index in [1.165, 1.54) is 23.4 Å². The summed E-state index contributed by atoms with van der Waals surface area (Å²) in [7, 11) is 0. The molecule has 0 unspecified atom stereocenters. The van der Waals surface area contributed by atoms with Crippen LogP contribution >= 0.6 is 0 Å². The molecule has 0 aliphatic carbocycles. The molecular weight excluding hydrogens is 186 g/mol. The smallest absolute Gasteiger partial charge is 0.0654 e. The third-order valence-corrected chi connectivity index (χ3v) is 2.71. The van der Waals surface area contributed by atoms with E-state index in [2.05, 4.69) is 36.3 Å². The Kier molecular flexibility index (Phi) is 5.40. The Labute approximate surface area is 92.7 Å². The number of aromatic amines is 1. The molecule has 1 aromatic rings. The fourth-order valence-corrected chi connectivity index (χ4v) is 1.84. The summed E-state index contributed by atoms with van der Waals surface area (Å²) in [4.78, 5) is 0. The number of rotatable bonds is 7. The highest BCUT2D eigenvalue weighted by Gasteiger charge is 2.09. The molecule has 1 rings (SSSR count). The third kappa shape index (κ3) is 3.34. The van der Waals surface area contributed by atoms with Crippen molar-refractivity contribution >= 4 is 0 Å². The van der Waals surface area contributed by atoms with E-state index >= 15 is 0 Å². The molecule has 15 heavy (non-hydrogen) atoms. The number of aromatic nitrogens is 2. The summed E-state index contributed by atoms with van der Waals surface area (Å²) in [6.45, 7) is 8.71. The summed E-state index contributed by atoms with van der Waals surface area (Å²) in [5.74, 6) is 0. The second-order valence-corrected chi connectivity index (χ2v) is 3.83. The summed E-state index contributed by atoms with van der Waals surface area (Å²) in [5.41, 5.74) is 3.99. The first-order valence-electron chi connectivity index (χ1n) is 6.09. The van der Waals surface area contributed by atoms with Crippen LogP contribution < -0.4 is 5.32 Å². The van der Waals surface area contributed by atoms with Gasteiger partial charge in [-0.15, -0.1) is 0 Å². The zero-order valence-corrected chi connectivity index (χ0v) is 10.2. The second kappa shape index (κ2) is 6.62. The van der Waals surface area contributed by atoms with E-state index in [9.17, 15) is 0 Å². The average Bonchev–Trinajstić information content (AvgIpc) is 2.66. The lowest BCUT2D eigenvalue weighted by molar-refractivity contribution is 0.667. The number of hydrogen-bond acceptors (Lipinski definition) is 2.